The normalized spacial score (nSPS) is 17.9. The minimum atomic E-state index is -0.00388. The van der Waals surface area contributed by atoms with Crippen LogP contribution in [0, 0.1) is 6.92 Å². The van der Waals surface area contributed by atoms with E-state index in [1.807, 2.05) is 24.3 Å². The van der Waals surface area contributed by atoms with Crippen molar-refractivity contribution in [3.8, 4) is 0 Å². The molecule has 1 atom stereocenters. The zero-order valence-corrected chi connectivity index (χ0v) is 12.4. The molecular formula is C17H25NO. The third kappa shape index (κ3) is 3.24. The molecule has 0 aliphatic heterocycles. The summed E-state index contributed by atoms with van der Waals surface area (Å²) in [6, 6.07) is 8.55. The summed E-state index contributed by atoms with van der Waals surface area (Å²) in [7, 11) is 0. The largest absolute Gasteiger partial charge is 0.292 e. The fraction of sp³-hybridized carbons (Fsp3) is 0.588. The molecule has 1 aromatic carbocycles. The third-order valence-electron chi connectivity index (χ3n) is 4.37. The highest BCUT2D eigenvalue weighted by Gasteiger charge is 2.29. The number of rotatable bonds is 5. The molecule has 0 saturated heterocycles. The van der Waals surface area contributed by atoms with Gasteiger partial charge in [-0.15, -0.1) is 0 Å². The summed E-state index contributed by atoms with van der Waals surface area (Å²) in [5.41, 5.74) is 2.04. The van der Waals surface area contributed by atoms with Gasteiger partial charge in [-0.25, -0.2) is 0 Å². The van der Waals surface area contributed by atoms with Crippen LogP contribution in [0.25, 0.3) is 0 Å². The number of carbonyl (C=O) groups excluding carboxylic acids is 1. The highest BCUT2D eigenvalue weighted by molar-refractivity contribution is 5.99. The fourth-order valence-corrected chi connectivity index (χ4v) is 3.19. The van der Waals surface area contributed by atoms with Crippen molar-refractivity contribution in [2.24, 2.45) is 0 Å². The summed E-state index contributed by atoms with van der Waals surface area (Å²) in [4.78, 5) is 15.0. The molecule has 0 amide bonds. The Morgan fingerprint density at radius 1 is 1.26 bits per heavy atom. The Morgan fingerprint density at radius 3 is 2.37 bits per heavy atom. The van der Waals surface area contributed by atoms with Gasteiger partial charge in [0.25, 0.3) is 0 Å². The van der Waals surface area contributed by atoms with Gasteiger partial charge in [0.05, 0.1) is 6.04 Å². The van der Waals surface area contributed by atoms with Crippen molar-refractivity contribution in [2.45, 2.75) is 58.5 Å². The number of nitrogens with zero attached hydrogens (tertiary/aromatic N) is 1. The van der Waals surface area contributed by atoms with Crippen LogP contribution >= 0.6 is 0 Å². The Morgan fingerprint density at radius 2 is 1.84 bits per heavy atom. The highest BCUT2D eigenvalue weighted by Crippen LogP contribution is 2.25. The second-order valence-electron chi connectivity index (χ2n) is 5.67. The van der Waals surface area contributed by atoms with E-state index in [-0.39, 0.29) is 11.8 Å². The monoisotopic (exact) mass is 259 g/mol. The quantitative estimate of drug-likeness (QED) is 0.749. The SMILES string of the molecule is CCN(C1CCCC1)C(C)C(=O)c1ccc(C)cc1. The standard InChI is InChI=1S/C17H25NO/c1-4-18(16-7-5-6-8-16)14(3)17(19)15-11-9-13(2)10-12-15/h9-12,14,16H,4-8H2,1-3H3. The van der Waals surface area contributed by atoms with Crippen molar-refractivity contribution in [1.82, 2.24) is 4.90 Å². The molecule has 2 rings (SSSR count). The molecule has 2 heteroatoms. The lowest BCUT2D eigenvalue weighted by Crippen LogP contribution is -2.44. The average molecular weight is 259 g/mol. The topological polar surface area (TPSA) is 20.3 Å². The molecule has 1 unspecified atom stereocenters. The molecule has 19 heavy (non-hydrogen) atoms. The van der Waals surface area contributed by atoms with E-state index in [4.69, 9.17) is 0 Å². The average Bonchev–Trinajstić information content (AvgIpc) is 2.93. The highest BCUT2D eigenvalue weighted by atomic mass is 16.1. The number of hydrogen-bond donors (Lipinski definition) is 0. The zero-order valence-electron chi connectivity index (χ0n) is 12.4. The van der Waals surface area contributed by atoms with E-state index in [1.54, 1.807) is 0 Å². The molecule has 1 aliphatic carbocycles. The molecule has 2 nitrogen and oxygen atoms in total. The molecule has 1 fully saturated rings. The fourth-order valence-electron chi connectivity index (χ4n) is 3.19. The molecule has 1 saturated carbocycles. The predicted octanol–water partition coefficient (Wildman–Crippen LogP) is 3.83. The van der Waals surface area contributed by atoms with Gasteiger partial charge < -0.3 is 0 Å². The number of hydrogen-bond acceptors (Lipinski definition) is 2. The van der Waals surface area contributed by atoms with Crippen LogP contribution in [0.3, 0.4) is 0 Å². The van der Waals surface area contributed by atoms with Crippen LogP contribution < -0.4 is 0 Å². The molecular weight excluding hydrogens is 234 g/mol. The molecule has 1 aromatic rings. The lowest BCUT2D eigenvalue weighted by Gasteiger charge is -2.32. The molecule has 0 bridgehead atoms. The number of aryl methyl sites for hydroxylation is 1. The Bertz CT molecular complexity index is 417. The summed E-state index contributed by atoms with van der Waals surface area (Å²) in [6.45, 7) is 7.24. The summed E-state index contributed by atoms with van der Waals surface area (Å²) in [5, 5.41) is 0. The molecule has 1 aliphatic rings. The van der Waals surface area contributed by atoms with Crippen LogP contribution in [-0.2, 0) is 0 Å². The number of ketones is 1. The first-order valence-electron chi connectivity index (χ1n) is 7.50. The number of Topliss-reactive ketones (excluding diaryl/α,β-unsaturated/α-hetero) is 1. The minimum Gasteiger partial charge on any atom is -0.292 e. The van der Waals surface area contributed by atoms with Crippen molar-refractivity contribution in [1.29, 1.82) is 0 Å². The van der Waals surface area contributed by atoms with E-state index in [1.165, 1.54) is 31.2 Å². The van der Waals surface area contributed by atoms with Crippen LogP contribution in [0.1, 0.15) is 55.5 Å². The smallest absolute Gasteiger partial charge is 0.179 e. The van der Waals surface area contributed by atoms with Gasteiger partial charge in [0.1, 0.15) is 0 Å². The molecule has 0 N–H and O–H groups in total. The first kappa shape index (κ1) is 14.3. The van der Waals surface area contributed by atoms with Gasteiger partial charge in [-0.2, -0.15) is 0 Å². The van der Waals surface area contributed by atoms with Crippen LogP contribution in [0.2, 0.25) is 0 Å². The number of likely N-dealkylation sites (N-methyl/N-ethyl adjacent to an activating group) is 1. The van der Waals surface area contributed by atoms with Crippen molar-refractivity contribution < 1.29 is 4.79 Å². The van der Waals surface area contributed by atoms with Gasteiger partial charge in [-0.05, 0) is 33.2 Å². The van der Waals surface area contributed by atoms with Gasteiger partial charge >= 0.3 is 0 Å². The van der Waals surface area contributed by atoms with E-state index in [2.05, 4.69) is 25.7 Å². The predicted molar refractivity (Wildman–Crippen MR) is 79.6 cm³/mol. The number of carbonyl (C=O) groups is 1. The lowest BCUT2D eigenvalue weighted by molar-refractivity contribution is 0.0775. The van der Waals surface area contributed by atoms with E-state index in [9.17, 15) is 4.79 Å². The van der Waals surface area contributed by atoms with Crippen molar-refractivity contribution in [2.75, 3.05) is 6.54 Å². The van der Waals surface area contributed by atoms with Gasteiger partial charge in [-0.1, -0.05) is 49.6 Å². The molecule has 0 aromatic heterocycles. The van der Waals surface area contributed by atoms with Gasteiger partial charge in [0.2, 0.25) is 0 Å². The summed E-state index contributed by atoms with van der Waals surface area (Å²) >= 11 is 0. The zero-order chi connectivity index (χ0) is 13.8. The Labute approximate surface area is 116 Å². The Hall–Kier alpha value is -1.15. The second-order valence-corrected chi connectivity index (χ2v) is 5.67. The first-order valence-corrected chi connectivity index (χ1v) is 7.50. The molecule has 104 valence electrons. The maximum absolute atomic E-state index is 12.6. The Balaban J connectivity index is 2.10. The van der Waals surface area contributed by atoms with E-state index in [0.717, 1.165) is 12.1 Å². The van der Waals surface area contributed by atoms with Gasteiger partial charge in [0.15, 0.2) is 5.78 Å². The van der Waals surface area contributed by atoms with Gasteiger partial charge in [0, 0.05) is 11.6 Å². The van der Waals surface area contributed by atoms with E-state index in [0.29, 0.717) is 6.04 Å². The van der Waals surface area contributed by atoms with Gasteiger partial charge in [-0.3, -0.25) is 9.69 Å². The van der Waals surface area contributed by atoms with Crippen molar-refractivity contribution >= 4 is 5.78 Å². The molecule has 0 radical (unpaired) electrons. The second kappa shape index (κ2) is 6.33. The maximum atomic E-state index is 12.6. The minimum absolute atomic E-state index is 0.00388. The van der Waals surface area contributed by atoms with Crippen molar-refractivity contribution in [3.63, 3.8) is 0 Å². The van der Waals surface area contributed by atoms with Crippen molar-refractivity contribution in [3.05, 3.63) is 35.4 Å². The maximum Gasteiger partial charge on any atom is 0.179 e. The van der Waals surface area contributed by atoms with E-state index >= 15 is 0 Å². The van der Waals surface area contributed by atoms with Crippen LogP contribution in [0.4, 0.5) is 0 Å². The molecule has 0 spiro atoms. The summed E-state index contributed by atoms with van der Waals surface area (Å²) in [6.07, 6.45) is 5.12. The van der Waals surface area contributed by atoms with Crippen LogP contribution in [0.5, 0.6) is 0 Å². The van der Waals surface area contributed by atoms with Crippen LogP contribution in [-0.4, -0.2) is 29.3 Å². The van der Waals surface area contributed by atoms with E-state index < -0.39 is 0 Å². The lowest BCUT2D eigenvalue weighted by atomic mass is 10.0. The van der Waals surface area contributed by atoms with Crippen LogP contribution in [0.15, 0.2) is 24.3 Å². The molecule has 0 heterocycles. The summed E-state index contributed by atoms with van der Waals surface area (Å²) in [5.74, 6) is 0.258. The third-order valence-corrected chi connectivity index (χ3v) is 4.37. The first-order chi connectivity index (χ1) is 9.13. The summed E-state index contributed by atoms with van der Waals surface area (Å²) < 4.78 is 0. The Kier molecular flexibility index (Phi) is 4.76. The number of benzene rings is 1.